The van der Waals surface area contributed by atoms with Crippen molar-refractivity contribution in [2.45, 2.75) is 59.0 Å². The van der Waals surface area contributed by atoms with Crippen molar-refractivity contribution in [2.75, 3.05) is 132 Å². The van der Waals surface area contributed by atoms with Gasteiger partial charge in [-0.25, -0.2) is 0 Å². The van der Waals surface area contributed by atoms with E-state index >= 15 is 0 Å². The molecule has 258 valence electrons. The third kappa shape index (κ3) is 25.4. The Kier molecular flexibility index (Phi) is 27.4. The van der Waals surface area contributed by atoms with Gasteiger partial charge >= 0.3 is 0 Å². The van der Waals surface area contributed by atoms with E-state index in [0.717, 1.165) is 31.1 Å². The van der Waals surface area contributed by atoms with Crippen LogP contribution in [0.1, 0.15) is 53.4 Å². The summed E-state index contributed by atoms with van der Waals surface area (Å²) in [6.45, 7) is 19.2. The molecule has 0 aromatic rings. The molecule has 43 heavy (non-hydrogen) atoms. The number of aliphatic hydroxyl groups is 1. The third-order valence-electron chi connectivity index (χ3n) is 6.87. The number of ether oxygens (including phenoxy) is 10. The normalized spacial score (nSPS) is 20.8. The van der Waals surface area contributed by atoms with Crippen molar-refractivity contribution >= 4 is 0 Å². The molecule has 1 aliphatic carbocycles. The molecule has 1 saturated carbocycles. The molecule has 0 radical (unpaired) electrons. The van der Waals surface area contributed by atoms with Gasteiger partial charge in [-0.15, -0.1) is 0 Å². The summed E-state index contributed by atoms with van der Waals surface area (Å²) in [6, 6.07) is 0. The molecular formula is C32H64O11. The summed E-state index contributed by atoms with van der Waals surface area (Å²) >= 11 is 0. The van der Waals surface area contributed by atoms with Crippen LogP contribution in [0.25, 0.3) is 0 Å². The number of aliphatic hydroxyl groups excluding tert-OH is 1. The van der Waals surface area contributed by atoms with E-state index in [0.29, 0.717) is 131 Å². The molecule has 1 rings (SSSR count). The fourth-order valence-corrected chi connectivity index (χ4v) is 5.54. The fraction of sp³-hybridized carbons (Fsp3) is 1.00. The largest absolute Gasteiger partial charge is 0.394 e. The van der Waals surface area contributed by atoms with Crippen LogP contribution in [0.2, 0.25) is 0 Å². The highest BCUT2D eigenvalue weighted by atomic mass is 16.6. The van der Waals surface area contributed by atoms with Crippen LogP contribution in [-0.4, -0.2) is 143 Å². The van der Waals surface area contributed by atoms with Crippen LogP contribution < -0.4 is 0 Å². The van der Waals surface area contributed by atoms with Crippen LogP contribution >= 0.6 is 0 Å². The highest BCUT2D eigenvalue weighted by molar-refractivity contribution is 4.90. The van der Waals surface area contributed by atoms with Crippen molar-refractivity contribution in [2.24, 2.45) is 17.8 Å². The summed E-state index contributed by atoms with van der Waals surface area (Å²) < 4.78 is 55.6. The van der Waals surface area contributed by atoms with Gasteiger partial charge in [0.1, 0.15) is 0 Å². The smallest absolute Gasteiger partial charge is 0.0708 e. The maximum atomic E-state index is 8.58. The predicted molar refractivity (Wildman–Crippen MR) is 165 cm³/mol. The zero-order chi connectivity index (χ0) is 31.3. The quantitative estimate of drug-likeness (QED) is 0.111. The zero-order valence-corrected chi connectivity index (χ0v) is 27.7. The minimum absolute atomic E-state index is 0.0146. The molecule has 11 nitrogen and oxygen atoms in total. The van der Waals surface area contributed by atoms with Gasteiger partial charge in [0.25, 0.3) is 0 Å². The van der Waals surface area contributed by atoms with Gasteiger partial charge in [0.2, 0.25) is 0 Å². The van der Waals surface area contributed by atoms with Gasteiger partial charge in [-0.3, -0.25) is 0 Å². The van der Waals surface area contributed by atoms with Gasteiger partial charge in [-0.2, -0.15) is 0 Å². The Morgan fingerprint density at radius 1 is 0.488 bits per heavy atom. The Hall–Kier alpha value is -0.440. The van der Waals surface area contributed by atoms with Crippen LogP contribution in [-0.2, 0) is 47.4 Å². The third-order valence-corrected chi connectivity index (χ3v) is 6.87. The number of hydrogen-bond acceptors (Lipinski definition) is 11. The minimum atomic E-state index is 0.0146. The second kappa shape index (κ2) is 29.0. The summed E-state index contributed by atoms with van der Waals surface area (Å²) in [6.07, 6.45) is 4.75. The SMILES string of the molecule is CC(C)CC1(OCCOCCOCCOCCOCCOCCOCCOCCOCCOCCO)CC(C)CC(C)C1. The summed E-state index contributed by atoms with van der Waals surface area (Å²) in [4.78, 5) is 0. The highest BCUT2D eigenvalue weighted by Crippen LogP contribution is 2.42. The molecule has 0 aromatic carbocycles. The Morgan fingerprint density at radius 2 is 0.767 bits per heavy atom. The molecule has 0 heterocycles. The lowest BCUT2D eigenvalue weighted by Crippen LogP contribution is -2.42. The van der Waals surface area contributed by atoms with E-state index < -0.39 is 0 Å². The summed E-state index contributed by atoms with van der Waals surface area (Å²) in [5.74, 6) is 2.08. The second-order valence-corrected chi connectivity index (χ2v) is 11.7. The van der Waals surface area contributed by atoms with Crippen LogP contribution in [0.4, 0.5) is 0 Å². The Morgan fingerprint density at radius 3 is 1.05 bits per heavy atom. The van der Waals surface area contributed by atoms with Crippen molar-refractivity contribution in [3.63, 3.8) is 0 Å². The van der Waals surface area contributed by atoms with E-state index in [1.54, 1.807) is 0 Å². The maximum absolute atomic E-state index is 8.58. The van der Waals surface area contributed by atoms with Crippen molar-refractivity contribution in [3.8, 4) is 0 Å². The molecule has 0 aliphatic heterocycles. The van der Waals surface area contributed by atoms with E-state index in [2.05, 4.69) is 27.7 Å². The summed E-state index contributed by atoms with van der Waals surface area (Å²) in [7, 11) is 0. The first-order chi connectivity index (χ1) is 21.0. The van der Waals surface area contributed by atoms with Crippen molar-refractivity contribution in [1.82, 2.24) is 0 Å². The Bertz CT molecular complexity index is 566. The Labute approximate surface area is 261 Å². The lowest BCUT2D eigenvalue weighted by atomic mass is 9.70. The van der Waals surface area contributed by atoms with E-state index in [-0.39, 0.29) is 12.2 Å². The summed E-state index contributed by atoms with van der Waals surface area (Å²) in [5.41, 5.74) is 0.0146. The maximum Gasteiger partial charge on any atom is 0.0708 e. The van der Waals surface area contributed by atoms with E-state index in [1.807, 2.05) is 0 Å². The van der Waals surface area contributed by atoms with Crippen LogP contribution in [0.3, 0.4) is 0 Å². The molecule has 0 spiro atoms. The predicted octanol–water partition coefficient (Wildman–Crippen LogP) is 3.39. The van der Waals surface area contributed by atoms with Gasteiger partial charge < -0.3 is 52.5 Å². The molecule has 0 saturated heterocycles. The monoisotopic (exact) mass is 624 g/mol. The first kappa shape index (κ1) is 40.6. The first-order valence-corrected chi connectivity index (χ1v) is 16.4. The van der Waals surface area contributed by atoms with E-state index in [4.69, 9.17) is 52.5 Å². The average molecular weight is 625 g/mol. The number of rotatable bonds is 32. The number of hydrogen-bond donors (Lipinski definition) is 1. The van der Waals surface area contributed by atoms with Gasteiger partial charge in [0, 0.05) is 0 Å². The van der Waals surface area contributed by atoms with E-state index in [9.17, 15) is 0 Å². The summed E-state index contributed by atoms with van der Waals surface area (Å²) in [5, 5.41) is 8.58. The standard InChI is InChI=1S/C32H64O11/c1-29(2)26-32(27-30(3)25-31(4)28-32)43-24-23-42-22-21-41-20-19-40-18-17-39-16-15-38-14-13-37-12-11-36-10-9-35-8-7-34-6-5-33/h29-31,33H,5-28H2,1-4H3. The average Bonchev–Trinajstić information content (AvgIpc) is 2.95. The second-order valence-electron chi connectivity index (χ2n) is 11.7. The van der Waals surface area contributed by atoms with Crippen LogP contribution in [0.5, 0.6) is 0 Å². The van der Waals surface area contributed by atoms with Gasteiger partial charge in [-0.05, 0) is 43.4 Å². The molecule has 2 unspecified atom stereocenters. The van der Waals surface area contributed by atoms with Gasteiger partial charge in [-0.1, -0.05) is 27.7 Å². The highest BCUT2D eigenvalue weighted by Gasteiger charge is 2.39. The van der Waals surface area contributed by atoms with Crippen molar-refractivity contribution in [3.05, 3.63) is 0 Å². The molecule has 0 bridgehead atoms. The molecule has 0 aromatic heterocycles. The Balaban J connectivity index is 1.76. The first-order valence-electron chi connectivity index (χ1n) is 16.4. The zero-order valence-electron chi connectivity index (χ0n) is 27.7. The fourth-order valence-electron chi connectivity index (χ4n) is 5.54. The molecule has 2 atom stereocenters. The van der Waals surface area contributed by atoms with Crippen LogP contribution in [0.15, 0.2) is 0 Å². The van der Waals surface area contributed by atoms with E-state index in [1.165, 1.54) is 6.42 Å². The van der Waals surface area contributed by atoms with Crippen molar-refractivity contribution in [1.29, 1.82) is 0 Å². The van der Waals surface area contributed by atoms with Crippen LogP contribution in [0, 0.1) is 17.8 Å². The van der Waals surface area contributed by atoms with Crippen molar-refractivity contribution < 1.29 is 52.5 Å². The minimum Gasteiger partial charge on any atom is -0.394 e. The molecular weight excluding hydrogens is 560 g/mol. The molecule has 1 fully saturated rings. The van der Waals surface area contributed by atoms with Gasteiger partial charge in [0.15, 0.2) is 0 Å². The van der Waals surface area contributed by atoms with Gasteiger partial charge in [0.05, 0.1) is 138 Å². The lowest BCUT2D eigenvalue weighted by Gasteiger charge is -2.44. The molecule has 1 N–H and O–H groups in total. The molecule has 11 heteroatoms. The molecule has 1 aliphatic rings. The molecule has 0 amide bonds. The topological polar surface area (TPSA) is 113 Å². The lowest BCUT2D eigenvalue weighted by molar-refractivity contribution is -0.119.